The van der Waals surface area contributed by atoms with Gasteiger partial charge >= 0.3 is 5.69 Å². The number of amides is 1. The molecule has 0 saturated heterocycles. The first-order valence-electron chi connectivity index (χ1n) is 9.82. The van der Waals surface area contributed by atoms with Gasteiger partial charge in [-0.15, -0.1) is 0 Å². The molecule has 0 fully saturated rings. The van der Waals surface area contributed by atoms with E-state index in [0.29, 0.717) is 22.2 Å². The van der Waals surface area contributed by atoms with E-state index < -0.39 is 22.3 Å². The number of rotatable bonds is 6. The molecule has 0 aliphatic heterocycles. The number of phenolic OH excluding ortho intramolecular Hbond substituents is 1. The van der Waals surface area contributed by atoms with E-state index in [2.05, 4.69) is 15.5 Å². The van der Waals surface area contributed by atoms with Gasteiger partial charge in [0, 0.05) is 22.6 Å². The summed E-state index contributed by atoms with van der Waals surface area (Å²) in [5.41, 5.74) is 4.73. The quantitative estimate of drug-likeness (QED) is 0.261. The molecule has 164 valence electrons. The lowest BCUT2D eigenvalue weighted by Crippen LogP contribution is -2.18. The van der Waals surface area contributed by atoms with Crippen molar-refractivity contribution in [3.8, 4) is 22.8 Å². The molecule has 0 aliphatic carbocycles. The first-order valence-corrected chi connectivity index (χ1v) is 9.82. The number of nitrogens with one attached hydrogen (secondary N) is 1. The Morgan fingerprint density at radius 3 is 2.58 bits per heavy atom. The molecule has 3 aromatic carbocycles. The topological polar surface area (TPSA) is 127 Å². The smallest absolute Gasteiger partial charge is 0.315 e. The van der Waals surface area contributed by atoms with E-state index in [9.17, 15) is 20.0 Å². The van der Waals surface area contributed by atoms with Gasteiger partial charge in [-0.2, -0.15) is 5.10 Å². The molecule has 0 aliphatic rings. The lowest BCUT2D eigenvalue weighted by molar-refractivity contribution is -0.386. The van der Waals surface area contributed by atoms with Crippen LogP contribution in [0.2, 0.25) is 0 Å². The SMILES string of the molecule is COc1cc(/C=N/NC(=O)c2cc(-c3ccccc3)nc3ccccc23)cc([N+](=O)[O-])c1O. The number of carbonyl (C=O) groups excluding carboxylic acids is 1. The maximum absolute atomic E-state index is 13.0. The molecular weight excluding hydrogens is 424 g/mol. The van der Waals surface area contributed by atoms with Crippen molar-refractivity contribution < 1.29 is 19.6 Å². The van der Waals surface area contributed by atoms with Gasteiger partial charge in [0.2, 0.25) is 5.75 Å². The zero-order valence-corrected chi connectivity index (χ0v) is 17.4. The van der Waals surface area contributed by atoms with Gasteiger partial charge in [-0.25, -0.2) is 10.4 Å². The maximum Gasteiger partial charge on any atom is 0.315 e. The fourth-order valence-electron chi connectivity index (χ4n) is 3.33. The molecule has 1 amide bonds. The highest BCUT2D eigenvalue weighted by Gasteiger charge is 2.19. The van der Waals surface area contributed by atoms with Gasteiger partial charge in [0.15, 0.2) is 5.75 Å². The number of aromatic hydroxyl groups is 1. The first kappa shape index (κ1) is 21.4. The third-order valence-electron chi connectivity index (χ3n) is 4.90. The first-order chi connectivity index (χ1) is 16.0. The van der Waals surface area contributed by atoms with Crippen molar-refractivity contribution in [3.05, 3.63) is 94.0 Å². The Bertz CT molecular complexity index is 1390. The molecule has 0 bridgehead atoms. The summed E-state index contributed by atoms with van der Waals surface area (Å²) < 4.78 is 4.97. The van der Waals surface area contributed by atoms with Gasteiger partial charge in [0.05, 0.1) is 35.0 Å². The number of nitro groups is 1. The molecular formula is C24H18N4O5. The van der Waals surface area contributed by atoms with Crippen molar-refractivity contribution in [2.45, 2.75) is 0 Å². The van der Waals surface area contributed by atoms with Gasteiger partial charge in [-0.3, -0.25) is 14.9 Å². The molecule has 1 heterocycles. The maximum atomic E-state index is 13.0. The number of pyridine rings is 1. The number of hydrazone groups is 1. The number of carbonyl (C=O) groups is 1. The lowest BCUT2D eigenvalue weighted by Gasteiger charge is -2.09. The van der Waals surface area contributed by atoms with Crippen LogP contribution in [0.3, 0.4) is 0 Å². The zero-order chi connectivity index (χ0) is 23.4. The van der Waals surface area contributed by atoms with Crippen LogP contribution in [0.15, 0.2) is 77.9 Å². The van der Waals surface area contributed by atoms with Gasteiger partial charge in [-0.1, -0.05) is 48.5 Å². The highest BCUT2D eigenvalue weighted by atomic mass is 16.6. The largest absolute Gasteiger partial charge is 0.500 e. The summed E-state index contributed by atoms with van der Waals surface area (Å²) in [4.78, 5) is 28.0. The minimum atomic E-state index is -0.734. The normalized spacial score (nSPS) is 10.9. The number of para-hydroxylation sites is 1. The summed E-state index contributed by atoms with van der Waals surface area (Å²) in [6.07, 6.45) is 1.23. The van der Waals surface area contributed by atoms with Crippen LogP contribution < -0.4 is 10.2 Å². The number of phenols is 1. The number of benzene rings is 3. The molecule has 0 saturated carbocycles. The van der Waals surface area contributed by atoms with E-state index in [-0.39, 0.29) is 11.3 Å². The van der Waals surface area contributed by atoms with Crippen molar-refractivity contribution in [3.63, 3.8) is 0 Å². The Labute approximate surface area is 188 Å². The van der Waals surface area contributed by atoms with E-state index in [1.807, 2.05) is 48.5 Å². The number of hydrogen-bond acceptors (Lipinski definition) is 7. The van der Waals surface area contributed by atoms with E-state index in [0.717, 1.165) is 11.6 Å². The second-order valence-corrected chi connectivity index (χ2v) is 6.99. The van der Waals surface area contributed by atoms with Crippen molar-refractivity contribution in [2.24, 2.45) is 5.10 Å². The van der Waals surface area contributed by atoms with E-state index in [1.54, 1.807) is 12.1 Å². The van der Waals surface area contributed by atoms with E-state index in [1.165, 1.54) is 19.4 Å². The molecule has 4 aromatic rings. The Hall–Kier alpha value is -4.79. The predicted octanol–water partition coefficient (Wildman–Crippen LogP) is 4.29. The van der Waals surface area contributed by atoms with Gasteiger partial charge in [0.1, 0.15) is 0 Å². The minimum Gasteiger partial charge on any atom is -0.500 e. The number of hydrogen-bond donors (Lipinski definition) is 2. The highest BCUT2D eigenvalue weighted by molar-refractivity contribution is 6.07. The summed E-state index contributed by atoms with van der Waals surface area (Å²) in [5.74, 6) is -1.13. The lowest BCUT2D eigenvalue weighted by atomic mass is 10.0. The minimum absolute atomic E-state index is 0.0791. The summed E-state index contributed by atoms with van der Waals surface area (Å²) in [6.45, 7) is 0. The van der Waals surface area contributed by atoms with Crippen molar-refractivity contribution >= 4 is 28.7 Å². The second-order valence-electron chi connectivity index (χ2n) is 6.99. The second kappa shape index (κ2) is 9.15. The van der Waals surface area contributed by atoms with Gasteiger partial charge < -0.3 is 9.84 Å². The summed E-state index contributed by atoms with van der Waals surface area (Å²) >= 11 is 0. The number of nitrogens with zero attached hydrogens (tertiary/aromatic N) is 3. The number of fused-ring (bicyclic) bond motifs is 1. The van der Waals surface area contributed by atoms with Crippen LogP contribution in [0, 0.1) is 10.1 Å². The number of methoxy groups -OCH3 is 1. The standard InChI is InChI=1S/C24H18N4O5/c1-33-22-12-15(11-21(23(22)29)28(31)32)14-25-27-24(30)18-13-20(16-7-3-2-4-8-16)26-19-10-6-5-9-17(18)19/h2-14,29H,1H3,(H,27,30)/b25-14+. The molecule has 9 nitrogen and oxygen atoms in total. The molecule has 4 rings (SSSR count). The number of aromatic nitrogens is 1. The van der Waals surface area contributed by atoms with Crippen LogP contribution in [0.25, 0.3) is 22.2 Å². The Morgan fingerprint density at radius 1 is 1.12 bits per heavy atom. The van der Waals surface area contributed by atoms with Crippen LogP contribution in [-0.4, -0.2) is 34.2 Å². The van der Waals surface area contributed by atoms with Crippen molar-refractivity contribution in [1.82, 2.24) is 10.4 Å². The monoisotopic (exact) mass is 442 g/mol. The van der Waals surface area contributed by atoms with Crippen LogP contribution in [0.4, 0.5) is 5.69 Å². The van der Waals surface area contributed by atoms with Gasteiger partial charge in [0.25, 0.3) is 5.91 Å². The van der Waals surface area contributed by atoms with E-state index >= 15 is 0 Å². The Balaban J connectivity index is 1.66. The molecule has 2 N–H and O–H groups in total. The average Bonchev–Trinajstić information content (AvgIpc) is 2.84. The van der Waals surface area contributed by atoms with Crippen LogP contribution in [0.1, 0.15) is 15.9 Å². The molecule has 1 aromatic heterocycles. The van der Waals surface area contributed by atoms with Gasteiger partial charge in [-0.05, 0) is 18.2 Å². The average molecular weight is 442 g/mol. The molecule has 33 heavy (non-hydrogen) atoms. The van der Waals surface area contributed by atoms with Crippen molar-refractivity contribution in [2.75, 3.05) is 7.11 Å². The Kier molecular flexibility index (Phi) is 5.94. The summed E-state index contributed by atoms with van der Waals surface area (Å²) in [5, 5.41) is 25.6. The van der Waals surface area contributed by atoms with Crippen LogP contribution in [-0.2, 0) is 0 Å². The van der Waals surface area contributed by atoms with E-state index in [4.69, 9.17) is 4.74 Å². The zero-order valence-electron chi connectivity index (χ0n) is 17.4. The third-order valence-corrected chi connectivity index (χ3v) is 4.90. The summed E-state index contributed by atoms with van der Waals surface area (Å²) in [7, 11) is 1.28. The molecule has 9 heteroatoms. The number of ether oxygens (including phenoxy) is 1. The van der Waals surface area contributed by atoms with Crippen molar-refractivity contribution in [1.29, 1.82) is 0 Å². The molecule has 0 unspecified atom stereocenters. The molecule has 0 atom stereocenters. The van der Waals surface area contributed by atoms with Crippen LogP contribution >= 0.6 is 0 Å². The Morgan fingerprint density at radius 2 is 1.85 bits per heavy atom. The predicted molar refractivity (Wildman–Crippen MR) is 124 cm³/mol. The number of nitro benzene ring substituents is 1. The third kappa shape index (κ3) is 4.47. The fraction of sp³-hybridized carbons (Fsp3) is 0.0417. The fourth-order valence-corrected chi connectivity index (χ4v) is 3.33. The highest BCUT2D eigenvalue weighted by Crippen LogP contribution is 2.36. The molecule has 0 radical (unpaired) electrons. The summed E-state index contributed by atoms with van der Waals surface area (Å²) in [6, 6.07) is 21.0. The van der Waals surface area contributed by atoms with Crippen LogP contribution in [0.5, 0.6) is 11.5 Å². The molecule has 0 spiro atoms.